The monoisotopic (exact) mass is 596 g/mol. The smallest absolute Gasteiger partial charge is 2.00 e. The van der Waals surface area contributed by atoms with E-state index >= 15 is 0 Å². The average Bonchev–Trinajstić information content (AvgIpc) is 3.52. The van der Waals surface area contributed by atoms with Gasteiger partial charge in [-0.15, -0.1) is 0 Å². The molecule has 0 N–H and O–H groups in total. The molecular weight excluding hydrogens is 577 g/mol. The molecule has 166 valence electrons. The number of rotatable bonds is 4. The predicted octanol–water partition coefficient (Wildman–Crippen LogP) is 9.09. The van der Waals surface area contributed by atoms with Crippen molar-refractivity contribution >= 4 is 52.3 Å². The van der Waals surface area contributed by atoms with Gasteiger partial charge in [0.15, 0.2) is 0 Å². The molecule has 2 aliphatic rings. The number of thiazole rings is 2. The first-order chi connectivity index (χ1) is 14.9. The predicted molar refractivity (Wildman–Crippen MR) is 133 cm³/mol. The van der Waals surface area contributed by atoms with Crippen molar-refractivity contribution in [2.75, 3.05) is 0 Å². The minimum Gasteiger partial charge on any atom is 2.00 e. The van der Waals surface area contributed by atoms with E-state index in [0.29, 0.717) is 0 Å². The van der Waals surface area contributed by atoms with Gasteiger partial charge in [0.05, 0.1) is 0 Å². The third kappa shape index (κ3) is 10.3. The van der Waals surface area contributed by atoms with Crippen LogP contribution in [0.5, 0.6) is 0 Å². The molecule has 0 unspecified atom stereocenters. The summed E-state index contributed by atoms with van der Waals surface area (Å²) in [6.07, 6.45) is 20.0. The maximum absolute atomic E-state index is 4.95. The van der Waals surface area contributed by atoms with Crippen molar-refractivity contribution in [3.05, 3.63) is 104 Å². The van der Waals surface area contributed by atoms with Gasteiger partial charge in [-0.3, -0.25) is 0 Å². The minimum atomic E-state index is -0.931. The average molecular weight is 599 g/mol. The molecule has 32 heavy (non-hydrogen) atoms. The number of aromatic nitrogens is 2. The van der Waals surface area contributed by atoms with Crippen molar-refractivity contribution in [3.8, 4) is 0 Å². The summed E-state index contributed by atoms with van der Waals surface area (Å²) in [7, 11) is 9.90. The van der Waals surface area contributed by atoms with Crippen LogP contribution in [0.4, 0.5) is 10.3 Å². The Morgan fingerprint density at radius 2 is 1.06 bits per heavy atom. The second-order valence-corrected chi connectivity index (χ2v) is 13.4. The summed E-state index contributed by atoms with van der Waals surface area (Å²) >= 11 is 2.30. The molecule has 0 atom stereocenters. The first-order valence-electron chi connectivity index (χ1n) is 9.44. The van der Waals surface area contributed by atoms with Crippen LogP contribution in [0, 0.1) is 13.8 Å². The Labute approximate surface area is 224 Å². The van der Waals surface area contributed by atoms with Gasteiger partial charge in [0, 0.05) is 0 Å². The van der Waals surface area contributed by atoms with Gasteiger partial charge in [-0.25, -0.2) is 0 Å². The van der Waals surface area contributed by atoms with Crippen molar-refractivity contribution < 1.29 is 32.2 Å². The summed E-state index contributed by atoms with van der Waals surface area (Å²) in [6.45, 7) is 8.08. The summed E-state index contributed by atoms with van der Waals surface area (Å²) in [5.74, 6) is 0. The number of halogens is 2. The molecule has 2 aromatic rings. The third-order valence-electron chi connectivity index (χ3n) is 3.91. The molecule has 0 aliphatic heterocycles. The van der Waals surface area contributed by atoms with E-state index in [4.69, 9.17) is 19.4 Å². The fraction of sp³-hybridized carbons (Fsp3) is 0.182. The van der Waals surface area contributed by atoms with Crippen LogP contribution >= 0.6 is 42.1 Å². The van der Waals surface area contributed by atoms with E-state index in [1.165, 1.54) is 9.75 Å². The molecule has 0 fully saturated rings. The Morgan fingerprint density at radius 3 is 1.31 bits per heavy atom. The van der Waals surface area contributed by atoms with Gasteiger partial charge >= 0.3 is 51.6 Å². The first kappa shape index (κ1) is 29.1. The Balaban J connectivity index is 0.000000278. The van der Waals surface area contributed by atoms with Crippen molar-refractivity contribution in [1.82, 2.24) is 9.97 Å². The molecule has 2 heterocycles. The summed E-state index contributed by atoms with van der Waals surface area (Å²) < 4.78 is 0. The van der Waals surface area contributed by atoms with Gasteiger partial charge in [0.1, 0.15) is 0 Å². The number of aryl methyl sites for hydroxylation is 2. The first-order valence-corrected chi connectivity index (χ1v) is 18.9. The topological polar surface area (TPSA) is 54.0 Å². The normalized spacial score (nSPS) is 12.3. The van der Waals surface area contributed by atoms with Crippen LogP contribution in [0.1, 0.15) is 23.6 Å². The van der Waals surface area contributed by atoms with E-state index in [1.54, 1.807) is 22.7 Å². The van der Waals surface area contributed by atoms with E-state index < -0.39 is 15.1 Å². The van der Waals surface area contributed by atoms with Gasteiger partial charge in [0.2, 0.25) is 0 Å². The molecule has 0 saturated heterocycles. The van der Waals surface area contributed by atoms with Crippen LogP contribution in [0.15, 0.2) is 83.5 Å². The summed E-state index contributed by atoms with van der Waals surface area (Å²) in [5, 5.41) is 10.6. The van der Waals surface area contributed by atoms with Crippen LogP contribution in [-0.2, 0) is 32.2 Å². The Kier molecular flexibility index (Phi) is 14.3. The van der Waals surface area contributed by atoms with E-state index in [2.05, 4.69) is 44.9 Å². The van der Waals surface area contributed by atoms with E-state index in [9.17, 15) is 0 Å². The summed E-state index contributed by atoms with van der Waals surface area (Å²) in [6, 6.07) is 0. The maximum Gasteiger partial charge on any atom is 2.00 e. The Bertz CT molecular complexity index is 942. The van der Waals surface area contributed by atoms with Gasteiger partial charge < -0.3 is 20.6 Å². The third-order valence-corrected chi connectivity index (χ3v) is 5.52. The van der Waals surface area contributed by atoms with Crippen molar-refractivity contribution in [2.45, 2.75) is 27.7 Å². The largest absolute Gasteiger partial charge is 2.00 e. The van der Waals surface area contributed by atoms with Gasteiger partial charge in [-0.1, -0.05) is 72.4 Å². The molecule has 2 aromatic heterocycles. The molecule has 0 aromatic carbocycles. The minimum absolute atomic E-state index is 0. The molecule has 4 nitrogen and oxygen atoms in total. The molecule has 4 rings (SSSR count). The van der Waals surface area contributed by atoms with Gasteiger partial charge in [0.25, 0.3) is 0 Å². The van der Waals surface area contributed by atoms with Crippen LogP contribution in [0.25, 0.3) is 10.6 Å². The van der Waals surface area contributed by atoms with Crippen molar-refractivity contribution in [3.63, 3.8) is 0 Å². The van der Waals surface area contributed by atoms with Crippen LogP contribution in [0.2, 0.25) is 0 Å². The van der Waals surface area contributed by atoms with Crippen LogP contribution < -0.4 is 0 Å². The van der Waals surface area contributed by atoms with Crippen molar-refractivity contribution in [2.24, 2.45) is 0 Å². The molecule has 0 radical (unpaired) electrons. The Hall–Kier alpha value is -0.977. The molecule has 2 aliphatic carbocycles. The zero-order valence-corrected chi connectivity index (χ0v) is 25.4. The molecule has 0 spiro atoms. The number of nitrogens with zero attached hydrogens (tertiary/aromatic N) is 4. The fourth-order valence-electron chi connectivity index (χ4n) is 2.44. The molecular formula is C22H22Cl2FeN4S2Zn. The van der Waals surface area contributed by atoms with E-state index in [1.807, 2.05) is 64.4 Å². The quantitative estimate of drug-likeness (QED) is 0.330. The second kappa shape index (κ2) is 15.8. The van der Waals surface area contributed by atoms with E-state index in [-0.39, 0.29) is 17.1 Å². The van der Waals surface area contributed by atoms with Gasteiger partial charge in [-0.05, 0) is 58.9 Å². The zero-order valence-electron chi connectivity index (χ0n) is 18.2. The number of hydrogen-bond acceptors (Lipinski definition) is 4. The summed E-state index contributed by atoms with van der Waals surface area (Å²) in [4.78, 5) is 10.8. The number of hydrogen-bond donors (Lipinski definition) is 0. The molecule has 0 saturated carbocycles. The molecule has 10 heteroatoms. The van der Waals surface area contributed by atoms with E-state index in [0.717, 1.165) is 32.8 Å². The van der Waals surface area contributed by atoms with Gasteiger partial charge in [-0.2, -0.15) is 22.7 Å². The molecule has 0 amide bonds. The standard InChI is InChI=1S/2C11H11N2S.2ClH.Fe.Zn/c2*1-8-7-12-11(14-8)13-9(2)10-5-3-4-6-10;;;;/h2*3-7H,1-2H3;2*1H;;/q2*-1;;;2*+2/p-2. The summed E-state index contributed by atoms with van der Waals surface area (Å²) in [5.41, 5.74) is 4.37. The SMILES string of the molecule is CC([N-]c1ncc(C)s1)=C1C=CC=C1.CC([N-]c1ncc(C)s1)=C1C=CC=C1.[Cl][Zn][Cl].[Fe+2]. The van der Waals surface area contributed by atoms with Crippen molar-refractivity contribution in [1.29, 1.82) is 0 Å². The Morgan fingerprint density at radius 1 is 0.750 bits per heavy atom. The maximum atomic E-state index is 4.95. The molecule has 0 bridgehead atoms. The van der Waals surface area contributed by atoms with Crippen LogP contribution in [0.3, 0.4) is 0 Å². The zero-order chi connectivity index (χ0) is 22.6. The fourth-order valence-corrected chi connectivity index (χ4v) is 3.80. The number of allylic oxidation sites excluding steroid dienone is 12. The van der Waals surface area contributed by atoms with Crippen LogP contribution in [-0.4, -0.2) is 9.97 Å². The second-order valence-electron chi connectivity index (χ2n) is 6.35.